The first kappa shape index (κ1) is 32.4. The van der Waals surface area contributed by atoms with Crippen molar-refractivity contribution in [1.82, 2.24) is 19.5 Å². The van der Waals surface area contributed by atoms with E-state index in [0.29, 0.717) is 17.5 Å². The van der Waals surface area contributed by atoms with Crippen molar-refractivity contribution < 1.29 is 4.42 Å². The van der Waals surface area contributed by atoms with E-state index in [1.165, 1.54) is 21.5 Å². The quantitative estimate of drug-likeness (QED) is 0.176. The molecule has 0 bridgehead atoms. The number of hydrogen-bond donors (Lipinski definition) is 0. The van der Waals surface area contributed by atoms with Crippen LogP contribution in [0.25, 0.3) is 116 Å². The number of rotatable bonds is 5. The van der Waals surface area contributed by atoms with Gasteiger partial charge in [0.15, 0.2) is 17.5 Å². The van der Waals surface area contributed by atoms with Crippen molar-refractivity contribution >= 4 is 65.3 Å². The van der Waals surface area contributed by atoms with Gasteiger partial charge in [-0.05, 0) is 81.2 Å². The van der Waals surface area contributed by atoms with Crippen LogP contribution in [0.5, 0.6) is 0 Å². The highest BCUT2D eigenvalue weighted by Crippen LogP contribution is 2.41. The molecule has 0 N–H and O–H groups in total. The fourth-order valence-corrected chi connectivity index (χ4v) is 8.59. The summed E-state index contributed by atoms with van der Waals surface area (Å²) in [5.74, 6) is 1.72. The summed E-state index contributed by atoms with van der Waals surface area (Å²) in [6, 6.07) is 68.1. The van der Waals surface area contributed by atoms with Crippen LogP contribution >= 0.6 is 0 Å². The minimum absolute atomic E-state index is 0.537. The van der Waals surface area contributed by atoms with E-state index in [2.05, 4.69) is 180 Å². The number of nitrogens with zero attached hydrogens (tertiary/aromatic N) is 4. The van der Waals surface area contributed by atoms with Gasteiger partial charge in [0.1, 0.15) is 11.2 Å². The minimum Gasteiger partial charge on any atom is -0.455 e. The Bertz CT molecular complexity index is 3580. The van der Waals surface area contributed by atoms with Crippen molar-refractivity contribution in [1.29, 1.82) is 0 Å². The number of aromatic nitrogens is 4. The van der Waals surface area contributed by atoms with Crippen LogP contribution in [0.1, 0.15) is 0 Å². The number of furan rings is 1. The maximum atomic E-state index is 6.76. The van der Waals surface area contributed by atoms with E-state index >= 15 is 0 Å². The third-order valence-corrected chi connectivity index (χ3v) is 11.4. The highest BCUT2D eigenvalue weighted by atomic mass is 16.3. The zero-order chi connectivity index (χ0) is 38.2. The van der Waals surface area contributed by atoms with E-state index in [-0.39, 0.29) is 0 Å². The van der Waals surface area contributed by atoms with Crippen LogP contribution in [-0.4, -0.2) is 19.5 Å². The Morgan fingerprint density at radius 3 is 1.79 bits per heavy atom. The molecular formula is C53H32N4O. The summed E-state index contributed by atoms with van der Waals surface area (Å²) in [4.78, 5) is 15.8. The standard InChI is InChI=1S/C53H32N4O/c1-2-13-33(14-3-1)36-19-12-20-39(27-36)51-54-52(40-26-25-34-15-4-5-16-35(34)28-40)56-53(55-51)46-32-41(31-45-43-22-9-11-24-49(43)58-50(45)46)57-47-23-10-8-21-42(47)44-29-37-17-6-7-18-38(37)30-48(44)57/h1-32H. The van der Waals surface area contributed by atoms with Crippen LogP contribution in [0.2, 0.25) is 0 Å². The Labute approximate surface area is 333 Å². The first-order valence-corrected chi connectivity index (χ1v) is 19.5. The third-order valence-electron chi connectivity index (χ3n) is 11.4. The summed E-state index contributed by atoms with van der Waals surface area (Å²) < 4.78 is 9.13. The Kier molecular flexibility index (Phi) is 7.16. The van der Waals surface area contributed by atoms with Gasteiger partial charge >= 0.3 is 0 Å². The van der Waals surface area contributed by atoms with E-state index in [0.717, 1.165) is 77.2 Å². The molecular weight excluding hydrogens is 709 g/mol. The van der Waals surface area contributed by atoms with E-state index in [4.69, 9.17) is 19.4 Å². The zero-order valence-electron chi connectivity index (χ0n) is 31.2. The Morgan fingerprint density at radius 1 is 0.345 bits per heavy atom. The van der Waals surface area contributed by atoms with Crippen molar-refractivity contribution in [2.24, 2.45) is 0 Å². The van der Waals surface area contributed by atoms with Gasteiger partial charge in [-0.25, -0.2) is 15.0 Å². The molecule has 0 amide bonds. The SMILES string of the molecule is c1ccc(-c2cccc(-c3nc(-c4ccc5ccccc5c4)nc(-c4cc(-n5c6ccccc6c6cc7ccccc7cc65)cc5c4oc4ccccc45)n3)c2)cc1. The molecule has 3 heterocycles. The normalized spacial score (nSPS) is 11.8. The molecule has 0 aliphatic carbocycles. The molecule has 0 atom stereocenters. The molecule has 58 heavy (non-hydrogen) atoms. The smallest absolute Gasteiger partial charge is 0.167 e. The summed E-state index contributed by atoms with van der Waals surface area (Å²) in [5.41, 5.74) is 9.61. The zero-order valence-corrected chi connectivity index (χ0v) is 31.2. The molecule has 0 aliphatic heterocycles. The van der Waals surface area contributed by atoms with E-state index in [1.807, 2.05) is 18.2 Å². The fourth-order valence-electron chi connectivity index (χ4n) is 8.59. The molecule has 0 radical (unpaired) electrons. The lowest BCUT2D eigenvalue weighted by Gasteiger charge is -2.13. The van der Waals surface area contributed by atoms with Crippen LogP contribution < -0.4 is 0 Å². The number of benzene rings is 9. The second-order valence-corrected chi connectivity index (χ2v) is 14.9. The minimum atomic E-state index is 0.537. The summed E-state index contributed by atoms with van der Waals surface area (Å²) in [7, 11) is 0. The van der Waals surface area contributed by atoms with Crippen LogP contribution in [0.4, 0.5) is 0 Å². The molecule has 12 rings (SSSR count). The molecule has 0 unspecified atom stereocenters. The predicted octanol–water partition coefficient (Wildman–Crippen LogP) is 13.8. The lowest BCUT2D eigenvalue weighted by atomic mass is 10.0. The highest BCUT2D eigenvalue weighted by molar-refractivity contribution is 6.15. The maximum absolute atomic E-state index is 6.76. The lowest BCUT2D eigenvalue weighted by Crippen LogP contribution is -2.02. The average molecular weight is 741 g/mol. The van der Waals surface area contributed by atoms with E-state index in [1.54, 1.807) is 0 Å². The van der Waals surface area contributed by atoms with Crippen LogP contribution in [0.3, 0.4) is 0 Å². The molecule has 0 fully saturated rings. The molecule has 0 spiro atoms. The largest absolute Gasteiger partial charge is 0.455 e. The van der Waals surface area contributed by atoms with Gasteiger partial charge in [0.2, 0.25) is 0 Å². The summed E-state index contributed by atoms with van der Waals surface area (Å²) >= 11 is 0. The van der Waals surface area contributed by atoms with Gasteiger partial charge < -0.3 is 8.98 Å². The first-order chi connectivity index (χ1) is 28.7. The van der Waals surface area contributed by atoms with Crippen molar-refractivity contribution in [2.45, 2.75) is 0 Å². The van der Waals surface area contributed by atoms with Gasteiger partial charge in [0, 0.05) is 38.4 Å². The van der Waals surface area contributed by atoms with Gasteiger partial charge in [-0.1, -0.05) is 146 Å². The van der Waals surface area contributed by atoms with Gasteiger partial charge in [-0.3, -0.25) is 0 Å². The highest BCUT2D eigenvalue weighted by Gasteiger charge is 2.22. The summed E-state index contributed by atoms with van der Waals surface area (Å²) in [6.45, 7) is 0. The Balaban J connectivity index is 1.16. The number of para-hydroxylation sites is 2. The molecule has 0 saturated heterocycles. The topological polar surface area (TPSA) is 56.7 Å². The maximum Gasteiger partial charge on any atom is 0.167 e. The molecule has 5 heteroatoms. The molecule has 3 aromatic heterocycles. The molecule has 12 aromatic rings. The number of hydrogen-bond acceptors (Lipinski definition) is 4. The van der Waals surface area contributed by atoms with Crippen LogP contribution in [0, 0.1) is 0 Å². The van der Waals surface area contributed by atoms with Crippen LogP contribution in [-0.2, 0) is 0 Å². The lowest BCUT2D eigenvalue weighted by molar-refractivity contribution is 0.669. The summed E-state index contributed by atoms with van der Waals surface area (Å²) in [6.07, 6.45) is 0. The second-order valence-electron chi connectivity index (χ2n) is 14.9. The Hall–Kier alpha value is -7.89. The first-order valence-electron chi connectivity index (χ1n) is 19.5. The van der Waals surface area contributed by atoms with E-state index in [9.17, 15) is 0 Å². The molecule has 5 nitrogen and oxygen atoms in total. The van der Waals surface area contributed by atoms with Crippen LogP contribution in [0.15, 0.2) is 199 Å². The van der Waals surface area contributed by atoms with Crippen molar-refractivity contribution in [3.63, 3.8) is 0 Å². The molecule has 0 saturated carbocycles. The second kappa shape index (κ2) is 12.8. The van der Waals surface area contributed by atoms with Gasteiger partial charge in [0.05, 0.1) is 16.6 Å². The molecule has 0 aliphatic rings. The fraction of sp³-hybridized carbons (Fsp3) is 0. The van der Waals surface area contributed by atoms with Gasteiger partial charge in [0.25, 0.3) is 0 Å². The van der Waals surface area contributed by atoms with E-state index < -0.39 is 0 Å². The molecule has 270 valence electrons. The van der Waals surface area contributed by atoms with Gasteiger partial charge in [-0.2, -0.15) is 0 Å². The van der Waals surface area contributed by atoms with Crippen molar-refractivity contribution in [3.8, 4) is 51.0 Å². The Morgan fingerprint density at radius 2 is 0.966 bits per heavy atom. The average Bonchev–Trinajstić information content (AvgIpc) is 3.83. The molecule has 9 aromatic carbocycles. The van der Waals surface area contributed by atoms with Gasteiger partial charge in [-0.15, -0.1) is 0 Å². The monoisotopic (exact) mass is 740 g/mol. The summed E-state index contributed by atoms with van der Waals surface area (Å²) in [5, 5.41) is 9.11. The number of fused-ring (bicyclic) bond motifs is 8. The predicted molar refractivity (Wildman–Crippen MR) is 238 cm³/mol. The van der Waals surface area contributed by atoms with Crippen molar-refractivity contribution in [3.05, 3.63) is 194 Å². The third kappa shape index (κ3) is 5.21. The van der Waals surface area contributed by atoms with Crippen molar-refractivity contribution in [2.75, 3.05) is 0 Å².